The van der Waals surface area contributed by atoms with Crippen molar-refractivity contribution in [2.45, 2.75) is 115 Å². The van der Waals surface area contributed by atoms with Crippen LogP contribution in [0.25, 0.3) is 50.4 Å². The molecule has 0 unspecified atom stereocenters. The van der Waals surface area contributed by atoms with E-state index < -0.39 is 77.3 Å². The van der Waals surface area contributed by atoms with Crippen molar-refractivity contribution in [1.29, 1.82) is 5.53 Å². The maximum Gasteiger partial charge on any atom is 1.00 e. The third kappa shape index (κ3) is 45.2. The number of halogens is 5. The van der Waals surface area contributed by atoms with E-state index in [1.165, 1.54) is 53.1 Å². The second kappa shape index (κ2) is 62.7. The fraction of sp³-hybridized carbons (Fsp3) is 0.291. The van der Waals surface area contributed by atoms with Gasteiger partial charge in [0.25, 0.3) is 0 Å². The number of aliphatic hydroxyl groups excluding tert-OH is 3. The molecule has 121 heavy (non-hydrogen) atoms. The number of carboxylic acid groups (broad SMARTS) is 2. The van der Waals surface area contributed by atoms with Crippen LogP contribution in [0.1, 0.15) is 131 Å². The number of aldehydes is 2. The van der Waals surface area contributed by atoms with E-state index in [0.29, 0.717) is 21.8 Å². The van der Waals surface area contributed by atoms with Gasteiger partial charge in [-0.05, 0) is 202 Å². The average Bonchev–Trinajstić information content (AvgIpc) is 1.69. The van der Waals surface area contributed by atoms with Crippen LogP contribution in [0, 0.1) is 5.53 Å². The third-order valence-corrected chi connectivity index (χ3v) is 25.5. The molecule has 7 atom stereocenters. The number of hydrogen-bond donors (Lipinski definition) is 13. The summed E-state index contributed by atoms with van der Waals surface area (Å²) in [5.74, 6) is -0.822. The number of carbonyl (C=O) groups excluding carboxylic acids is 2. The van der Waals surface area contributed by atoms with Crippen molar-refractivity contribution < 1.29 is 115 Å². The van der Waals surface area contributed by atoms with Crippen LogP contribution >= 0.6 is 105 Å². The number of carboxylic acids is 2. The number of methoxy groups -OCH3 is 2. The predicted molar refractivity (Wildman–Crippen MR) is 514 cm³/mol. The molecule has 12 rings (SSSR count). The summed E-state index contributed by atoms with van der Waals surface area (Å²) in [6.45, 7) is 17.5. The molecule has 0 aliphatic heterocycles. The van der Waals surface area contributed by atoms with Gasteiger partial charge in [0.1, 0.15) is 30.4 Å². The fourth-order valence-electron chi connectivity index (χ4n) is 8.86. The zero-order valence-electron chi connectivity index (χ0n) is 68.1. The molecule has 0 saturated heterocycles. The molecule has 5 aromatic heterocycles. The number of thiophene rings is 5. The van der Waals surface area contributed by atoms with Crippen LogP contribution in [0.3, 0.4) is 0 Å². The van der Waals surface area contributed by atoms with Crippen LogP contribution in [0.2, 0.25) is 0 Å². The molecular weight excluding hydrogens is 2060 g/mol. The fourth-order valence-corrected chi connectivity index (χ4v) is 16.0. The van der Waals surface area contributed by atoms with Gasteiger partial charge in [-0.15, -0.1) is 56.7 Å². The predicted octanol–water partition coefficient (Wildman–Crippen LogP) is 10.0. The molecule has 0 aliphatic rings. The quantitative estimate of drug-likeness (QED) is 0.0105. The smallest absolute Gasteiger partial charge is 1.00 e. The normalized spacial score (nSPS) is 12.2. The van der Waals surface area contributed by atoms with Crippen molar-refractivity contribution in [3.05, 3.63) is 231 Å². The molecule has 0 amide bonds. The standard InChI is InChI=1S/C18H19NO2S.C14H17NO3S2.C14H19NO2S2.C10H11NOS.C8H7BO2S.C8H8O2.C4H11NOS.C2H2O3.CH4.Al.3BrH.ClHN4.ClH.In.Li.4H/c1-21-15-8-6-13(7-9-15)11-19-16(12-20)18-10-14-4-2-3-5-17(14)22-18;1-14(2,3)20(18)15-12(13(16)17)11-8-9-6-4-5-7-10(9)19-11;1-14(2,3)19(17)15-11(9-16)13-8-10-6-4-5-7-12(10)18-13;11-8(6-12)10-5-7-3-1-2-4-9(7)13-10;10-9(11)8-5-6-3-1-2-4-7(6)12-8;1-10-8-4-2-7(6-9)3-5-8;1-4(2,3)7(5)6;3-1-2(4)5;;;;;;1-3-5-4-2;;;;;;;/h2-10,16,19-20H,11-12H2,1H3;4-8,12,15H,1-3H3,(H,16,17);4-8,11,15-16H,9H2,1-3H3;1-5,8,12H,6,11H2;1-5,10-11H;2-6H,1H3;5H2,1-3H3;1H,(H,4,5);1H4;;3*1H;2H;1H;;;;;;/q;;;;;;;;;;;;;;;+3;+1;;;;-1/p-3/t16-;12-,20-;11-,19+;8-;;;7-;;;;;;;;;;;;;;/m1011..0............../s1. The van der Waals surface area contributed by atoms with Crippen molar-refractivity contribution in [3.8, 4) is 11.5 Å². The Bertz CT molecular complexity index is 4950. The molecule has 7 aromatic carbocycles. The molecule has 0 bridgehead atoms. The van der Waals surface area contributed by atoms with Crippen molar-refractivity contribution in [3.63, 3.8) is 0 Å². The average molecular weight is 2160 g/mol. The molecule has 5 heterocycles. The number of hydrogen-bond acceptors (Lipinski definition) is 22. The van der Waals surface area contributed by atoms with Gasteiger partial charge < -0.3 is 69.9 Å². The van der Waals surface area contributed by atoms with Gasteiger partial charge in [-0.2, -0.15) is 5.53 Å². The second-order valence-corrected chi connectivity index (χ2v) is 83.0. The number of nitrogens with one attached hydrogen (secondary N) is 4. The van der Waals surface area contributed by atoms with Crippen LogP contribution in [0.4, 0.5) is 0 Å². The SMILES string of the molecule is C.CC(C)(C)[S@@](N)=O.CC(C)(C)[S@](=O)N[C@H](C(=O)O)c1cc2ccccc2s1.CC(C)(C)[S@](=O)N[C@H](CO)c1cc2ccccc2s1.COc1ccc(C=O)cc1.COc1ccc(CN[C@H](CO)c2cc3ccccc3s2)cc1.N=NN=NCl.O=CC(=O)O.OB(O)c1cc2ccccc2s1.[AlH3].[Br][In]([Br])[Br].[Cl-].[H-].[Li+].[NH3+][C@H](CO)c1cc2ccccc2s1. The Kier molecular flexibility index (Phi) is 61.4. The molecule has 0 spiro atoms. The Hall–Kier alpha value is -4.45. The number of nitrogens with two attached hydrogens (primary N) is 1. The summed E-state index contributed by atoms with van der Waals surface area (Å²) >= 11 is 21.2. The summed E-state index contributed by atoms with van der Waals surface area (Å²) in [6.07, 6.45) is 0.638. The largest absolute Gasteiger partial charge is 1.00 e. The Balaban J connectivity index is -0.00000134. The number of nitrogens with zero attached hydrogens (tertiary/aromatic N) is 3. The third-order valence-electron chi connectivity index (χ3n) is 15.0. The molecule has 12 aromatic rings. The van der Waals surface area contributed by atoms with E-state index in [2.05, 4.69) is 127 Å². The van der Waals surface area contributed by atoms with Crippen molar-refractivity contribution in [2.75, 3.05) is 34.0 Å². The topological polar surface area (TPSA) is 430 Å². The zero-order chi connectivity index (χ0) is 87.6. The number of rotatable bonds is 21. The zero-order valence-corrected chi connectivity index (χ0v) is 83.2. The van der Waals surface area contributed by atoms with E-state index >= 15 is 0 Å². The van der Waals surface area contributed by atoms with Gasteiger partial charge in [0.15, 0.2) is 23.4 Å². The maximum absolute atomic E-state index is 12.1. The Morgan fingerprint density at radius 2 is 0.917 bits per heavy atom. The molecule has 0 radical (unpaired) electrons. The minimum Gasteiger partial charge on any atom is -1.00 e. The van der Waals surface area contributed by atoms with E-state index in [9.17, 15) is 37.5 Å². The van der Waals surface area contributed by atoms with E-state index in [0.717, 1.165) is 58.0 Å². The number of aliphatic carboxylic acids is 2. The molecule has 16 N–H and O–H groups in total. The second-order valence-electron chi connectivity index (χ2n) is 26.9. The first kappa shape index (κ1) is 119. The van der Waals surface area contributed by atoms with Gasteiger partial charge in [-0.3, -0.25) is 19.5 Å². The van der Waals surface area contributed by atoms with E-state index in [-0.39, 0.29) is 111 Å². The minimum atomic E-state index is -1.43. The van der Waals surface area contributed by atoms with Gasteiger partial charge in [-0.25, -0.2) is 26.9 Å². The summed E-state index contributed by atoms with van der Waals surface area (Å²) in [7, 11) is -1.90. The summed E-state index contributed by atoms with van der Waals surface area (Å²) in [5.41, 5.74) is 11.6. The minimum absolute atomic E-state index is 0. The van der Waals surface area contributed by atoms with Crippen LogP contribution in [-0.4, -0.2) is 160 Å². The first-order valence-corrected chi connectivity index (χ1v) is 65.0. The number of carbonyl (C=O) groups is 4. The first-order chi connectivity index (χ1) is 55.3. The van der Waals surface area contributed by atoms with Crippen LogP contribution < -0.4 is 71.2 Å². The number of fused-ring (bicyclic) bond motifs is 5. The molecule has 0 saturated carbocycles. The molecule has 25 nitrogen and oxygen atoms in total. The van der Waals surface area contributed by atoms with Gasteiger partial charge in [0.2, 0.25) is 6.29 Å². The van der Waals surface area contributed by atoms with Gasteiger partial charge in [0, 0.05) is 55.0 Å². The molecule has 0 fully saturated rings. The summed E-state index contributed by atoms with van der Waals surface area (Å²) < 4.78 is 58.3. The van der Waals surface area contributed by atoms with E-state index in [4.69, 9.17) is 50.0 Å². The number of quaternary nitrogens is 1. The van der Waals surface area contributed by atoms with Crippen LogP contribution in [-0.2, 0) is 53.9 Å². The summed E-state index contributed by atoms with van der Waals surface area (Å²) in [6, 6.07) is 63.7. The van der Waals surface area contributed by atoms with Crippen LogP contribution in [0.5, 0.6) is 11.5 Å². The molecule has 654 valence electrons. The molecular formula is C79H104AlBBr3Cl2InLiN9O16S8. The Labute approximate surface area is 794 Å². The van der Waals surface area contributed by atoms with Gasteiger partial charge in [-0.1, -0.05) is 115 Å². The van der Waals surface area contributed by atoms with Gasteiger partial charge >= 0.3 is 89.3 Å². The first-order valence-electron chi connectivity index (χ1n) is 34.9. The maximum atomic E-state index is 12.1. The summed E-state index contributed by atoms with van der Waals surface area (Å²) in [4.78, 5) is 43.5. The molecule has 42 heteroatoms. The number of aliphatic hydroxyl groups is 3. The van der Waals surface area contributed by atoms with Crippen molar-refractivity contribution >= 4 is 257 Å². The van der Waals surface area contributed by atoms with Gasteiger partial charge in [0.05, 0.1) is 103 Å². The monoisotopic (exact) mass is 2160 g/mol. The summed E-state index contributed by atoms with van der Waals surface area (Å²) in [5, 5.41) is 81.9. The molecule has 0 aliphatic carbocycles. The van der Waals surface area contributed by atoms with Crippen molar-refractivity contribution in [2.24, 2.45) is 20.2 Å². The van der Waals surface area contributed by atoms with Crippen molar-refractivity contribution in [1.82, 2.24) is 14.8 Å². The Morgan fingerprint density at radius 1 is 0.587 bits per heavy atom. The number of ether oxygens (including phenoxy) is 2. The van der Waals surface area contributed by atoms with E-state index in [1.54, 1.807) is 99.3 Å². The van der Waals surface area contributed by atoms with E-state index in [1.807, 2.05) is 169 Å². The number of benzene rings is 7. The Morgan fingerprint density at radius 3 is 1.21 bits per heavy atom. The van der Waals surface area contributed by atoms with Crippen LogP contribution in [0.15, 0.2) is 215 Å².